The molecule has 0 aliphatic rings. The van der Waals surface area contributed by atoms with Gasteiger partial charge in [0.15, 0.2) is 0 Å². The first-order chi connectivity index (χ1) is 9.15. The molecule has 1 aromatic carbocycles. The second kappa shape index (κ2) is 9.18. The second-order valence-electron chi connectivity index (χ2n) is 4.65. The first kappa shape index (κ1) is 16.3. The first-order valence-electron chi connectivity index (χ1n) is 6.86. The summed E-state index contributed by atoms with van der Waals surface area (Å²) in [4.78, 5) is 0. The van der Waals surface area contributed by atoms with E-state index in [1.165, 1.54) is 0 Å². The van der Waals surface area contributed by atoms with E-state index in [1.807, 2.05) is 25.1 Å². The third-order valence-electron chi connectivity index (χ3n) is 2.66. The minimum Gasteiger partial charge on any atom is -0.493 e. The molecule has 0 amide bonds. The molecule has 0 saturated heterocycles. The van der Waals surface area contributed by atoms with Crippen LogP contribution in [0.1, 0.15) is 32.8 Å². The highest BCUT2D eigenvalue weighted by Crippen LogP contribution is 2.26. The molecule has 0 aromatic heterocycles. The van der Waals surface area contributed by atoms with Gasteiger partial charge < -0.3 is 14.8 Å². The normalized spacial score (nSPS) is 11.0. The van der Waals surface area contributed by atoms with E-state index < -0.39 is 0 Å². The monoisotopic (exact) mass is 285 g/mol. The standard InChI is InChI=1S/C15H24ClNO2/c1-4-18-9-6-10-19-15-8-5-7-14(16)13(15)11-17-12(2)3/h5,7-8,12,17H,4,6,9-11H2,1-3H3. The number of ether oxygens (including phenoxy) is 2. The van der Waals surface area contributed by atoms with Gasteiger partial charge in [-0.2, -0.15) is 0 Å². The largest absolute Gasteiger partial charge is 0.493 e. The average molecular weight is 286 g/mol. The van der Waals surface area contributed by atoms with Gasteiger partial charge in [-0.05, 0) is 19.1 Å². The third kappa shape index (κ3) is 6.28. The minimum atomic E-state index is 0.419. The molecule has 4 heteroatoms. The molecule has 0 heterocycles. The summed E-state index contributed by atoms with van der Waals surface area (Å²) >= 11 is 6.23. The van der Waals surface area contributed by atoms with Gasteiger partial charge in [-0.3, -0.25) is 0 Å². The highest BCUT2D eigenvalue weighted by Gasteiger charge is 2.08. The van der Waals surface area contributed by atoms with Crippen LogP contribution in [-0.4, -0.2) is 25.9 Å². The summed E-state index contributed by atoms with van der Waals surface area (Å²) in [7, 11) is 0. The van der Waals surface area contributed by atoms with Crippen molar-refractivity contribution in [2.75, 3.05) is 19.8 Å². The SMILES string of the molecule is CCOCCCOc1cccc(Cl)c1CNC(C)C. The average Bonchev–Trinajstić information content (AvgIpc) is 2.37. The Hall–Kier alpha value is -0.770. The van der Waals surface area contributed by atoms with E-state index in [4.69, 9.17) is 21.1 Å². The predicted octanol–water partition coefficient (Wildman–Crippen LogP) is 3.64. The highest BCUT2D eigenvalue weighted by atomic mass is 35.5. The Bertz CT molecular complexity index is 369. The lowest BCUT2D eigenvalue weighted by molar-refractivity contribution is 0.130. The van der Waals surface area contributed by atoms with E-state index in [-0.39, 0.29) is 0 Å². The zero-order chi connectivity index (χ0) is 14.1. The number of hydrogen-bond acceptors (Lipinski definition) is 3. The van der Waals surface area contributed by atoms with Crippen molar-refractivity contribution in [1.82, 2.24) is 5.32 Å². The van der Waals surface area contributed by atoms with Crippen molar-refractivity contribution in [2.45, 2.75) is 39.8 Å². The van der Waals surface area contributed by atoms with E-state index in [2.05, 4.69) is 19.2 Å². The van der Waals surface area contributed by atoms with E-state index in [1.54, 1.807) is 0 Å². The molecule has 1 N–H and O–H groups in total. The quantitative estimate of drug-likeness (QED) is 0.703. The van der Waals surface area contributed by atoms with Crippen LogP contribution in [0.2, 0.25) is 5.02 Å². The molecule has 3 nitrogen and oxygen atoms in total. The number of benzene rings is 1. The molecular weight excluding hydrogens is 262 g/mol. The van der Waals surface area contributed by atoms with Crippen LogP contribution in [0, 0.1) is 0 Å². The van der Waals surface area contributed by atoms with Crippen LogP contribution in [0.3, 0.4) is 0 Å². The maximum Gasteiger partial charge on any atom is 0.125 e. The molecule has 1 rings (SSSR count). The van der Waals surface area contributed by atoms with E-state index >= 15 is 0 Å². The van der Waals surface area contributed by atoms with Gasteiger partial charge in [0.2, 0.25) is 0 Å². The van der Waals surface area contributed by atoms with Crippen molar-refractivity contribution in [3.8, 4) is 5.75 Å². The van der Waals surface area contributed by atoms with Crippen molar-refractivity contribution in [2.24, 2.45) is 0 Å². The number of rotatable bonds is 9. The van der Waals surface area contributed by atoms with Crippen LogP contribution < -0.4 is 10.1 Å². The molecule has 0 radical (unpaired) electrons. The predicted molar refractivity (Wildman–Crippen MR) is 80.0 cm³/mol. The number of hydrogen-bond donors (Lipinski definition) is 1. The molecule has 0 fully saturated rings. The summed E-state index contributed by atoms with van der Waals surface area (Å²) in [5.41, 5.74) is 1.02. The van der Waals surface area contributed by atoms with Gasteiger partial charge in [-0.25, -0.2) is 0 Å². The lowest BCUT2D eigenvalue weighted by Gasteiger charge is -2.15. The highest BCUT2D eigenvalue weighted by molar-refractivity contribution is 6.31. The van der Waals surface area contributed by atoms with Gasteiger partial charge in [0.05, 0.1) is 6.61 Å². The molecule has 1 aromatic rings. The Balaban J connectivity index is 2.53. The molecule has 0 saturated carbocycles. The molecular formula is C15H24ClNO2. The second-order valence-corrected chi connectivity index (χ2v) is 5.06. The van der Waals surface area contributed by atoms with E-state index in [0.717, 1.165) is 42.5 Å². The van der Waals surface area contributed by atoms with Crippen LogP contribution in [0.15, 0.2) is 18.2 Å². The summed E-state index contributed by atoms with van der Waals surface area (Å²) in [5.74, 6) is 0.858. The van der Waals surface area contributed by atoms with E-state index in [0.29, 0.717) is 12.6 Å². The van der Waals surface area contributed by atoms with Crippen LogP contribution >= 0.6 is 11.6 Å². The summed E-state index contributed by atoms with van der Waals surface area (Å²) in [5, 5.41) is 4.11. The van der Waals surface area contributed by atoms with Crippen LogP contribution in [-0.2, 0) is 11.3 Å². The van der Waals surface area contributed by atoms with Gasteiger partial charge in [-0.1, -0.05) is 31.5 Å². The van der Waals surface area contributed by atoms with Crippen molar-refractivity contribution >= 4 is 11.6 Å². The number of halogens is 1. The fourth-order valence-corrected chi connectivity index (χ4v) is 1.87. The van der Waals surface area contributed by atoms with Crippen molar-refractivity contribution in [3.63, 3.8) is 0 Å². The molecule has 19 heavy (non-hydrogen) atoms. The Morgan fingerprint density at radius 1 is 1.26 bits per heavy atom. The summed E-state index contributed by atoms with van der Waals surface area (Å²) in [6.07, 6.45) is 0.886. The van der Waals surface area contributed by atoms with Crippen molar-refractivity contribution < 1.29 is 9.47 Å². The minimum absolute atomic E-state index is 0.419. The topological polar surface area (TPSA) is 30.5 Å². The molecule has 108 valence electrons. The lowest BCUT2D eigenvalue weighted by atomic mass is 10.2. The van der Waals surface area contributed by atoms with Gasteiger partial charge in [0.25, 0.3) is 0 Å². The maximum absolute atomic E-state index is 6.23. The molecule has 0 aliphatic heterocycles. The summed E-state index contributed by atoms with van der Waals surface area (Å²) < 4.78 is 11.1. The number of nitrogens with one attached hydrogen (secondary N) is 1. The fourth-order valence-electron chi connectivity index (χ4n) is 1.64. The molecule has 0 bridgehead atoms. The Morgan fingerprint density at radius 2 is 2.05 bits per heavy atom. The summed E-state index contributed by atoms with van der Waals surface area (Å²) in [6, 6.07) is 6.19. The molecule has 0 atom stereocenters. The Morgan fingerprint density at radius 3 is 2.74 bits per heavy atom. The van der Waals surface area contributed by atoms with E-state index in [9.17, 15) is 0 Å². The summed E-state index contributed by atoms with van der Waals surface area (Å²) in [6.45, 7) is 9.07. The smallest absolute Gasteiger partial charge is 0.125 e. The third-order valence-corrected chi connectivity index (χ3v) is 3.01. The zero-order valence-corrected chi connectivity index (χ0v) is 12.8. The van der Waals surface area contributed by atoms with Crippen LogP contribution in [0.5, 0.6) is 5.75 Å². The van der Waals surface area contributed by atoms with Crippen molar-refractivity contribution in [1.29, 1.82) is 0 Å². The zero-order valence-electron chi connectivity index (χ0n) is 12.0. The maximum atomic E-state index is 6.23. The van der Waals surface area contributed by atoms with Crippen LogP contribution in [0.25, 0.3) is 0 Å². The molecule has 0 spiro atoms. The Labute approximate surface area is 121 Å². The van der Waals surface area contributed by atoms with Gasteiger partial charge in [0.1, 0.15) is 5.75 Å². The van der Waals surface area contributed by atoms with Gasteiger partial charge in [-0.15, -0.1) is 0 Å². The molecule has 0 unspecified atom stereocenters. The first-order valence-corrected chi connectivity index (χ1v) is 7.24. The van der Waals surface area contributed by atoms with Crippen LogP contribution in [0.4, 0.5) is 0 Å². The molecule has 0 aliphatic carbocycles. The lowest BCUT2D eigenvalue weighted by Crippen LogP contribution is -2.22. The van der Waals surface area contributed by atoms with Gasteiger partial charge in [0, 0.05) is 42.8 Å². The van der Waals surface area contributed by atoms with Gasteiger partial charge >= 0.3 is 0 Å². The fraction of sp³-hybridized carbons (Fsp3) is 0.600. The van der Waals surface area contributed by atoms with Crippen molar-refractivity contribution in [3.05, 3.63) is 28.8 Å². The Kier molecular flexibility index (Phi) is 7.87.